The number of hydrogen-bond donors (Lipinski definition) is 1. The minimum Gasteiger partial charge on any atom is -0.458 e. The highest BCUT2D eigenvalue weighted by Crippen LogP contribution is 2.32. The highest BCUT2D eigenvalue weighted by atomic mass is 16.3. The Labute approximate surface area is 118 Å². The molecule has 0 spiro atoms. The number of rotatable bonds is 3. The molecule has 0 saturated heterocycles. The second kappa shape index (κ2) is 4.71. The Bertz CT molecular complexity index is 754. The summed E-state index contributed by atoms with van der Waals surface area (Å²) >= 11 is 0. The van der Waals surface area contributed by atoms with Crippen LogP contribution in [0.4, 0.5) is 5.82 Å². The second-order valence-electron chi connectivity index (χ2n) is 5.13. The Morgan fingerprint density at radius 3 is 2.75 bits per heavy atom. The lowest BCUT2D eigenvalue weighted by Crippen LogP contribution is -2.12. The van der Waals surface area contributed by atoms with Crippen LogP contribution in [0, 0.1) is 6.92 Å². The lowest BCUT2D eigenvalue weighted by molar-refractivity contribution is 0.442. The van der Waals surface area contributed by atoms with Crippen LogP contribution in [0.25, 0.3) is 11.0 Å². The molecule has 3 rings (SSSR count). The van der Waals surface area contributed by atoms with Gasteiger partial charge in [0.25, 0.3) is 0 Å². The monoisotopic (exact) mass is 269 g/mol. The van der Waals surface area contributed by atoms with E-state index in [1.165, 1.54) is 10.9 Å². The standard InChI is InChI=1S/C16H19N3O/c1-4-12-13-7-5-6-8-14(13)20-16(12)11(3)19-15(17)9-10(2)18-19/h5-9,11H,4,17H2,1-3H3. The molecule has 2 aromatic heterocycles. The molecule has 2 heterocycles. The molecule has 0 aliphatic carbocycles. The Morgan fingerprint density at radius 1 is 1.35 bits per heavy atom. The number of aryl methyl sites for hydroxylation is 2. The molecule has 0 saturated carbocycles. The zero-order valence-electron chi connectivity index (χ0n) is 12.1. The van der Waals surface area contributed by atoms with Crippen LogP contribution in [0.3, 0.4) is 0 Å². The van der Waals surface area contributed by atoms with Crippen molar-refractivity contribution in [1.82, 2.24) is 9.78 Å². The molecule has 0 bridgehead atoms. The van der Waals surface area contributed by atoms with Gasteiger partial charge in [0.1, 0.15) is 23.2 Å². The average molecular weight is 269 g/mol. The van der Waals surface area contributed by atoms with Crippen LogP contribution in [0.1, 0.15) is 36.9 Å². The number of nitrogens with zero attached hydrogens (tertiary/aromatic N) is 2. The summed E-state index contributed by atoms with van der Waals surface area (Å²) in [6.45, 7) is 6.16. The number of furan rings is 1. The van der Waals surface area contributed by atoms with Gasteiger partial charge in [-0.25, -0.2) is 4.68 Å². The summed E-state index contributed by atoms with van der Waals surface area (Å²) < 4.78 is 7.88. The summed E-state index contributed by atoms with van der Waals surface area (Å²) in [6, 6.07) is 10.0. The van der Waals surface area contributed by atoms with E-state index in [0.29, 0.717) is 5.82 Å². The fourth-order valence-corrected chi connectivity index (χ4v) is 2.78. The first-order valence-electron chi connectivity index (χ1n) is 6.93. The van der Waals surface area contributed by atoms with Crippen LogP contribution in [-0.4, -0.2) is 9.78 Å². The topological polar surface area (TPSA) is 57.0 Å². The van der Waals surface area contributed by atoms with Gasteiger partial charge in [0.2, 0.25) is 0 Å². The number of hydrogen-bond acceptors (Lipinski definition) is 3. The number of anilines is 1. The Balaban J connectivity index is 2.16. The first-order valence-corrected chi connectivity index (χ1v) is 6.93. The Hall–Kier alpha value is -2.23. The first-order chi connectivity index (χ1) is 9.61. The molecule has 1 atom stereocenters. The molecule has 4 nitrogen and oxygen atoms in total. The van der Waals surface area contributed by atoms with E-state index in [2.05, 4.69) is 25.0 Å². The summed E-state index contributed by atoms with van der Waals surface area (Å²) in [7, 11) is 0. The summed E-state index contributed by atoms with van der Waals surface area (Å²) in [5.41, 5.74) is 9.11. The maximum absolute atomic E-state index is 6.05. The van der Waals surface area contributed by atoms with Gasteiger partial charge in [-0.1, -0.05) is 25.1 Å². The van der Waals surface area contributed by atoms with Crippen LogP contribution in [0.5, 0.6) is 0 Å². The second-order valence-corrected chi connectivity index (χ2v) is 5.13. The predicted molar refractivity (Wildman–Crippen MR) is 80.8 cm³/mol. The molecule has 0 radical (unpaired) electrons. The van der Waals surface area contributed by atoms with Crippen LogP contribution < -0.4 is 5.73 Å². The van der Waals surface area contributed by atoms with Gasteiger partial charge in [-0.3, -0.25) is 0 Å². The highest BCUT2D eigenvalue weighted by Gasteiger charge is 2.21. The van der Waals surface area contributed by atoms with Gasteiger partial charge in [-0.15, -0.1) is 0 Å². The van der Waals surface area contributed by atoms with Crippen molar-refractivity contribution in [2.45, 2.75) is 33.2 Å². The summed E-state index contributed by atoms with van der Waals surface area (Å²) in [4.78, 5) is 0. The Kier molecular flexibility index (Phi) is 3.01. The molecular formula is C16H19N3O. The summed E-state index contributed by atoms with van der Waals surface area (Å²) in [5, 5.41) is 5.64. The number of nitrogens with two attached hydrogens (primary N) is 1. The maximum atomic E-state index is 6.05. The smallest absolute Gasteiger partial charge is 0.134 e. The lowest BCUT2D eigenvalue weighted by atomic mass is 10.1. The third kappa shape index (κ3) is 1.88. The number of aromatic nitrogens is 2. The van der Waals surface area contributed by atoms with Crippen molar-refractivity contribution in [2.75, 3.05) is 5.73 Å². The van der Waals surface area contributed by atoms with Crippen molar-refractivity contribution >= 4 is 16.8 Å². The first kappa shape index (κ1) is 12.8. The third-order valence-corrected chi connectivity index (χ3v) is 3.72. The van der Waals surface area contributed by atoms with E-state index in [0.717, 1.165) is 23.5 Å². The molecule has 0 fully saturated rings. The van der Waals surface area contributed by atoms with Crippen LogP contribution in [0.15, 0.2) is 34.7 Å². The van der Waals surface area contributed by atoms with Gasteiger partial charge >= 0.3 is 0 Å². The quantitative estimate of drug-likeness (QED) is 0.789. The number of fused-ring (bicyclic) bond motifs is 1. The lowest BCUT2D eigenvalue weighted by Gasteiger charge is -2.13. The van der Waals surface area contributed by atoms with Crippen molar-refractivity contribution in [2.24, 2.45) is 0 Å². The molecule has 1 unspecified atom stereocenters. The third-order valence-electron chi connectivity index (χ3n) is 3.72. The average Bonchev–Trinajstić information content (AvgIpc) is 2.97. The number of para-hydroxylation sites is 1. The largest absolute Gasteiger partial charge is 0.458 e. The molecule has 1 aromatic carbocycles. The zero-order valence-corrected chi connectivity index (χ0v) is 12.1. The van der Waals surface area contributed by atoms with Gasteiger partial charge in [0, 0.05) is 17.0 Å². The molecule has 20 heavy (non-hydrogen) atoms. The van der Waals surface area contributed by atoms with E-state index in [4.69, 9.17) is 10.2 Å². The van der Waals surface area contributed by atoms with Gasteiger partial charge in [-0.05, 0) is 26.3 Å². The van der Waals surface area contributed by atoms with E-state index >= 15 is 0 Å². The van der Waals surface area contributed by atoms with E-state index in [9.17, 15) is 0 Å². The summed E-state index contributed by atoms with van der Waals surface area (Å²) in [6.07, 6.45) is 0.927. The van der Waals surface area contributed by atoms with Crippen molar-refractivity contribution in [3.05, 3.63) is 47.3 Å². The van der Waals surface area contributed by atoms with E-state index in [1.807, 2.05) is 35.9 Å². The minimum absolute atomic E-state index is 0.00829. The number of nitrogen functional groups attached to an aromatic ring is 1. The van der Waals surface area contributed by atoms with Crippen LogP contribution in [0.2, 0.25) is 0 Å². The van der Waals surface area contributed by atoms with Crippen molar-refractivity contribution < 1.29 is 4.42 Å². The molecular weight excluding hydrogens is 250 g/mol. The highest BCUT2D eigenvalue weighted by molar-refractivity contribution is 5.82. The van der Waals surface area contributed by atoms with E-state index in [1.54, 1.807) is 0 Å². The van der Waals surface area contributed by atoms with Crippen molar-refractivity contribution in [3.63, 3.8) is 0 Å². The normalized spacial score (nSPS) is 12.9. The fourth-order valence-electron chi connectivity index (χ4n) is 2.78. The van der Waals surface area contributed by atoms with Gasteiger partial charge in [0.15, 0.2) is 0 Å². The van der Waals surface area contributed by atoms with Gasteiger partial charge in [0.05, 0.1) is 5.69 Å². The Morgan fingerprint density at radius 2 is 2.10 bits per heavy atom. The van der Waals surface area contributed by atoms with Gasteiger partial charge in [-0.2, -0.15) is 5.10 Å². The van der Waals surface area contributed by atoms with Crippen molar-refractivity contribution in [1.29, 1.82) is 0 Å². The molecule has 104 valence electrons. The van der Waals surface area contributed by atoms with E-state index in [-0.39, 0.29) is 6.04 Å². The molecule has 0 aliphatic heterocycles. The zero-order chi connectivity index (χ0) is 14.3. The SMILES string of the molecule is CCc1c(C(C)n2nc(C)cc2N)oc2ccccc12. The van der Waals surface area contributed by atoms with Gasteiger partial charge < -0.3 is 10.2 Å². The molecule has 4 heteroatoms. The molecule has 3 aromatic rings. The number of benzene rings is 1. The van der Waals surface area contributed by atoms with Crippen LogP contribution >= 0.6 is 0 Å². The fraction of sp³-hybridized carbons (Fsp3) is 0.312. The molecule has 0 amide bonds. The molecule has 0 aliphatic rings. The van der Waals surface area contributed by atoms with Crippen LogP contribution in [-0.2, 0) is 6.42 Å². The summed E-state index contributed by atoms with van der Waals surface area (Å²) in [5.74, 6) is 1.61. The maximum Gasteiger partial charge on any atom is 0.134 e. The molecule has 2 N–H and O–H groups in total. The van der Waals surface area contributed by atoms with E-state index < -0.39 is 0 Å². The minimum atomic E-state index is -0.00829. The predicted octanol–water partition coefficient (Wildman–Crippen LogP) is 3.69. The van der Waals surface area contributed by atoms with Crippen molar-refractivity contribution in [3.8, 4) is 0 Å².